The first-order valence-corrected chi connectivity index (χ1v) is 10.4. The maximum Gasteiger partial charge on any atom is 0.416 e. The molecule has 31 heavy (non-hydrogen) atoms. The van der Waals surface area contributed by atoms with Crippen molar-refractivity contribution >= 4 is 33.1 Å². The number of nitrogens with one attached hydrogen (secondary N) is 2. The van der Waals surface area contributed by atoms with Crippen LogP contribution in [-0.2, 0) is 16.2 Å². The van der Waals surface area contributed by atoms with Gasteiger partial charge in [-0.05, 0) is 54.6 Å². The van der Waals surface area contributed by atoms with Crippen LogP contribution in [0.2, 0.25) is 0 Å². The molecule has 1 aliphatic heterocycles. The third-order valence-corrected chi connectivity index (χ3v) is 5.82. The monoisotopic (exact) mass is 445 g/mol. The number of nitrogens with zero attached hydrogens (tertiary/aromatic N) is 1. The van der Waals surface area contributed by atoms with Crippen LogP contribution in [0.3, 0.4) is 0 Å². The van der Waals surface area contributed by atoms with Crippen LogP contribution in [0.15, 0.2) is 82.1 Å². The summed E-state index contributed by atoms with van der Waals surface area (Å²) in [5, 5.41) is 5.33. The van der Waals surface area contributed by atoms with E-state index >= 15 is 0 Å². The van der Waals surface area contributed by atoms with Gasteiger partial charge in [0, 0.05) is 22.5 Å². The number of alkyl halides is 3. The van der Waals surface area contributed by atoms with Crippen LogP contribution in [0.1, 0.15) is 21.5 Å². The van der Waals surface area contributed by atoms with Crippen LogP contribution >= 0.6 is 0 Å². The summed E-state index contributed by atoms with van der Waals surface area (Å²) < 4.78 is 66.4. The minimum absolute atomic E-state index is 0.0177. The summed E-state index contributed by atoms with van der Waals surface area (Å²) in [6, 6.07) is 16.7. The van der Waals surface area contributed by atoms with Gasteiger partial charge in [-0.3, -0.25) is 4.79 Å². The first-order valence-electron chi connectivity index (χ1n) is 8.93. The number of amides is 1. The summed E-state index contributed by atoms with van der Waals surface area (Å²) in [5.41, 5.74) is 0.293. The first kappa shape index (κ1) is 20.6. The topological polar surface area (TPSA) is 87.6 Å². The molecular weight excluding hydrogens is 431 g/mol. The van der Waals surface area contributed by atoms with E-state index in [0.717, 1.165) is 12.1 Å². The van der Waals surface area contributed by atoms with Gasteiger partial charge in [0.25, 0.3) is 15.9 Å². The minimum atomic E-state index is -4.51. The average molecular weight is 445 g/mol. The maximum atomic E-state index is 12.8. The molecule has 0 fully saturated rings. The van der Waals surface area contributed by atoms with Gasteiger partial charge in [-0.15, -0.1) is 4.40 Å². The molecule has 0 spiro atoms. The van der Waals surface area contributed by atoms with Crippen LogP contribution in [0, 0.1) is 0 Å². The number of amidine groups is 1. The van der Waals surface area contributed by atoms with Gasteiger partial charge in [0.05, 0.1) is 5.56 Å². The van der Waals surface area contributed by atoms with E-state index in [1.54, 1.807) is 18.2 Å². The number of fused-ring (bicyclic) bond motifs is 1. The largest absolute Gasteiger partial charge is 0.416 e. The van der Waals surface area contributed by atoms with Crippen molar-refractivity contribution in [2.24, 2.45) is 4.40 Å². The van der Waals surface area contributed by atoms with E-state index in [1.165, 1.54) is 42.5 Å². The molecule has 1 heterocycles. The summed E-state index contributed by atoms with van der Waals surface area (Å²) in [6.07, 6.45) is -4.51. The van der Waals surface area contributed by atoms with Crippen LogP contribution in [-0.4, -0.2) is 20.2 Å². The van der Waals surface area contributed by atoms with Crippen LogP contribution < -0.4 is 10.6 Å². The smallest absolute Gasteiger partial charge is 0.339 e. The van der Waals surface area contributed by atoms with E-state index in [1.807, 2.05) is 0 Å². The minimum Gasteiger partial charge on any atom is -0.339 e. The van der Waals surface area contributed by atoms with Gasteiger partial charge in [0.1, 0.15) is 4.90 Å². The predicted molar refractivity (Wildman–Crippen MR) is 110 cm³/mol. The Bertz CT molecular complexity index is 1300. The van der Waals surface area contributed by atoms with Crippen LogP contribution in [0.4, 0.5) is 24.5 Å². The molecule has 1 amide bonds. The van der Waals surface area contributed by atoms with E-state index in [-0.39, 0.29) is 22.0 Å². The normalized spacial score (nSPS) is 14.5. The number of carbonyl (C=O) groups excluding carboxylic acids is 1. The zero-order valence-electron chi connectivity index (χ0n) is 15.6. The number of anilines is 2. The third-order valence-electron chi connectivity index (χ3n) is 4.49. The summed E-state index contributed by atoms with van der Waals surface area (Å²) >= 11 is 0. The fraction of sp³-hybridized carbons (Fsp3) is 0.0476. The molecule has 158 valence electrons. The fourth-order valence-electron chi connectivity index (χ4n) is 3.01. The van der Waals surface area contributed by atoms with Crippen molar-refractivity contribution in [3.8, 4) is 0 Å². The Morgan fingerprint density at radius 3 is 2.29 bits per heavy atom. The van der Waals surface area contributed by atoms with Crippen LogP contribution in [0.5, 0.6) is 0 Å². The Morgan fingerprint density at radius 1 is 0.871 bits per heavy atom. The Morgan fingerprint density at radius 2 is 1.58 bits per heavy atom. The van der Waals surface area contributed by atoms with Crippen molar-refractivity contribution in [3.05, 3.63) is 89.5 Å². The van der Waals surface area contributed by atoms with E-state index in [0.29, 0.717) is 11.3 Å². The number of hydrogen-bond donors (Lipinski definition) is 2. The lowest BCUT2D eigenvalue weighted by Gasteiger charge is -2.10. The van der Waals surface area contributed by atoms with Gasteiger partial charge in [-0.25, -0.2) is 0 Å². The van der Waals surface area contributed by atoms with Crippen LogP contribution in [0.25, 0.3) is 0 Å². The molecule has 4 rings (SSSR count). The average Bonchev–Trinajstić information content (AvgIpc) is 2.98. The van der Waals surface area contributed by atoms with Gasteiger partial charge in [0.15, 0.2) is 5.84 Å². The highest BCUT2D eigenvalue weighted by molar-refractivity contribution is 7.90. The number of benzene rings is 3. The molecule has 3 aromatic rings. The second-order valence-electron chi connectivity index (χ2n) is 6.65. The molecule has 0 unspecified atom stereocenters. The van der Waals surface area contributed by atoms with Crippen molar-refractivity contribution in [2.45, 2.75) is 11.1 Å². The highest BCUT2D eigenvalue weighted by Gasteiger charge is 2.30. The highest BCUT2D eigenvalue weighted by atomic mass is 32.2. The lowest BCUT2D eigenvalue weighted by atomic mass is 10.1. The summed E-state index contributed by atoms with van der Waals surface area (Å²) in [4.78, 5) is 12.5. The highest BCUT2D eigenvalue weighted by Crippen LogP contribution is 2.31. The standard InChI is InChI=1S/C21H14F3N3O3S/c22-21(23,24)14-4-3-5-16(12-14)26-20(28)13-8-10-15(11-9-13)25-19-17-6-1-2-7-18(17)31(29,30)27-19/h1-12H,(H,25,27)(H,26,28). The first-order chi connectivity index (χ1) is 14.6. The van der Waals surface area contributed by atoms with E-state index < -0.39 is 27.7 Å². The van der Waals surface area contributed by atoms with E-state index in [9.17, 15) is 26.4 Å². The molecule has 0 aromatic heterocycles. The Kier molecular flexibility index (Phi) is 5.02. The third kappa shape index (κ3) is 4.29. The number of rotatable bonds is 3. The predicted octanol–water partition coefficient (Wildman–Crippen LogP) is 4.52. The number of halogens is 3. The molecule has 2 N–H and O–H groups in total. The maximum absolute atomic E-state index is 12.8. The van der Waals surface area contributed by atoms with Crippen molar-refractivity contribution in [1.29, 1.82) is 0 Å². The van der Waals surface area contributed by atoms with Gasteiger partial charge in [0.2, 0.25) is 0 Å². The van der Waals surface area contributed by atoms with Gasteiger partial charge in [-0.1, -0.05) is 18.2 Å². The Hall–Kier alpha value is -3.66. The van der Waals surface area contributed by atoms with Gasteiger partial charge in [-0.2, -0.15) is 21.6 Å². The molecule has 0 saturated carbocycles. The van der Waals surface area contributed by atoms with Gasteiger partial charge < -0.3 is 10.6 Å². The second-order valence-corrected chi connectivity index (χ2v) is 8.22. The Balaban J connectivity index is 1.49. The Labute approximate surface area is 175 Å². The van der Waals surface area contributed by atoms with E-state index in [4.69, 9.17) is 0 Å². The number of sulfonamides is 1. The zero-order chi connectivity index (χ0) is 22.2. The van der Waals surface area contributed by atoms with Crippen molar-refractivity contribution in [1.82, 2.24) is 0 Å². The molecule has 0 atom stereocenters. The summed E-state index contributed by atoms with van der Waals surface area (Å²) in [7, 11) is -3.76. The van der Waals surface area contributed by atoms with Gasteiger partial charge >= 0.3 is 6.18 Å². The quantitative estimate of drug-likeness (QED) is 0.621. The van der Waals surface area contributed by atoms with E-state index in [2.05, 4.69) is 15.0 Å². The zero-order valence-corrected chi connectivity index (χ0v) is 16.5. The fourth-order valence-corrected chi connectivity index (χ4v) is 4.19. The molecular formula is C21H14F3N3O3S. The van der Waals surface area contributed by atoms with Crippen molar-refractivity contribution < 1.29 is 26.4 Å². The molecule has 0 aliphatic carbocycles. The number of hydrogen-bond acceptors (Lipinski definition) is 4. The molecule has 0 bridgehead atoms. The summed E-state index contributed by atoms with van der Waals surface area (Å²) in [6.45, 7) is 0. The molecule has 6 nitrogen and oxygen atoms in total. The molecule has 10 heteroatoms. The van der Waals surface area contributed by atoms with Crippen molar-refractivity contribution in [3.63, 3.8) is 0 Å². The number of carbonyl (C=O) groups is 1. The summed E-state index contributed by atoms with van der Waals surface area (Å²) in [5.74, 6) is -0.422. The molecule has 1 aliphatic rings. The lowest BCUT2D eigenvalue weighted by molar-refractivity contribution is -0.137. The molecule has 0 saturated heterocycles. The molecule has 0 radical (unpaired) electrons. The van der Waals surface area contributed by atoms with Crippen molar-refractivity contribution in [2.75, 3.05) is 10.6 Å². The molecule has 3 aromatic carbocycles. The lowest BCUT2D eigenvalue weighted by Crippen LogP contribution is -2.14. The second kappa shape index (κ2) is 7.55. The SMILES string of the molecule is O=C(Nc1cccc(C(F)(F)F)c1)c1ccc(NC2=NS(=O)(=O)c3ccccc32)cc1.